The van der Waals surface area contributed by atoms with Gasteiger partial charge in [-0.05, 0) is 49.2 Å². The smallest absolute Gasteiger partial charge is 0.272 e. The van der Waals surface area contributed by atoms with Crippen molar-refractivity contribution in [2.75, 3.05) is 4.90 Å². The van der Waals surface area contributed by atoms with Crippen molar-refractivity contribution in [2.45, 2.75) is 19.6 Å². The second kappa shape index (κ2) is 7.91. The van der Waals surface area contributed by atoms with Crippen molar-refractivity contribution in [3.63, 3.8) is 0 Å². The molecular formula is C23H17F2NO3S. The number of anilines is 1. The van der Waals surface area contributed by atoms with Crippen LogP contribution in [0, 0.1) is 25.5 Å². The molecule has 4 nitrogen and oxygen atoms in total. The highest BCUT2D eigenvalue weighted by molar-refractivity contribution is 8.03. The van der Waals surface area contributed by atoms with Gasteiger partial charge in [0.1, 0.15) is 17.4 Å². The predicted molar refractivity (Wildman–Crippen MR) is 112 cm³/mol. The third kappa shape index (κ3) is 3.57. The summed E-state index contributed by atoms with van der Waals surface area (Å²) in [6.45, 7) is 3.76. The molecule has 0 N–H and O–H groups in total. The van der Waals surface area contributed by atoms with Gasteiger partial charge in [-0.1, -0.05) is 23.8 Å². The lowest BCUT2D eigenvalue weighted by molar-refractivity contribution is -0.119. The summed E-state index contributed by atoms with van der Waals surface area (Å²) >= 11 is 1.14. The van der Waals surface area contributed by atoms with Crippen molar-refractivity contribution in [1.82, 2.24) is 0 Å². The van der Waals surface area contributed by atoms with Crippen LogP contribution in [0.1, 0.15) is 22.5 Å². The maximum Gasteiger partial charge on any atom is 0.272 e. The topological polar surface area (TPSA) is 50.5 Å². The van der Waals surface area contributed by atoms with Crippen LogP contribution in [0.25, 0.3) is 5.57 Å². The first kappa shape index (κ1) is 20.1. The van der Waals surface area contributed by atoms with E-state index in [1.165, 1.54) is 6.26 Å². The lowest BCUT2D eigenvalue weighted by Crippen LogP contribution is -2.32. The number of hydrogen-bond acceptors (Lipinski definition) is 4. The van der Waals surface area contributed by atoms with Gasteiger partial charge < -0.3 is 4.42 Å². The molecule has 1 aromatic heterocycles. The fourth-order valence-corrected chi connectivity index (χ4v) is 4.40. The summed E-state index contributed by atoms with van der Waals surface area (Å²) in [4.78, 5) is 27.4. The summed E-state index contributed by atoms with van der Waals surface area (Å²) in [5.74, 6) is -2.01. The van der Waals surface area contributed by atoms with Gasteiger partial charge in [-0.25, -0.2) is 13.7 Å². The van der Waals surface area contributed by atoms with Gasteiger partial charge >= 0.3 is 0 Å². The Labute approximate surface area is 176 Å². The molecule has 7 heteroatoms. The molecule has 152 valence electrons. The lowest BCUT2D eigenvalue weighted by atomic mass is 9.99. The second-order valence-corrected chi connectivity index (χ2v) is 7.92. The molecule has 4 rings (SSSR count). The molecule has 0 aliphatic carbocycles. The number of carbonyl (C=O) groups excluding carboxylic acids is 2. The van der Waals surface area contributed by atoms with E-state index >= 15 is 0 Å². The molecule has 2 aromatic carbocycles. The van der Waals surface area contributed by atoms with E-state index in [1.54, 1.807) is 18.2 Å². The minimum absolute atomic E-state index is 0.173. The molecule has 2 amide bonds. The molecule has 3 aromatic rings. The normalized spacial score (nSPS) is 14.2. The summed E-state index contributed by atoms with van der Waals surface area (Å²) < 4.78 is 33.5. The summed E-state index contributed by atoms with van der Waals surface area (Å²) in [6, 6.07) is 11.7. The van der Waals surface area contributed by atoms with Crippen molar-refractivity contribution in [3.8, 4) is 0 Å². The molecule has 0 unspecified atom stereocenters. The van der Waals surface area contributed by atoms with E-state index in [1.807, 2.05) is 26.0 Å². The molecule has 0 spiro atoms. The molecule has 0 saturated carbocycles. The van der Waals surface area contributed by atoms with Crippen molar-refractivity contribution in [1.29, 1.82) is 0 Å². The van der Waals surface area contributed by atoms with Crippen molar-refractivity contribution >= 4 is 34.8 Å². The number of carbonyl (C=O) groups is 2. The highest BCUT2D eigenvalue weighted by Crippen LogP contribution is 2.41. The number of thioether (sulfide) groups is 1. The van der Waals surface area contributed by atoms with E-state index in [4.69, 9.17) is 4.42 Å². The maximum atomic E-state index is 14.4. The quantitative estimate of drug-likeness (QED) is 0.514. The molecule has 0 saturated heterocycles. The minimum atomic E-state index is -0.852. The minimum Gasteiger partial charge on any atom is -0.468 e. The number of amides is 2. The maximum absolute atomic E-state index is 14.4. The van der Waals surface area contributed by atoms with Crippen LogP contribution in [0.2, 0.25) is 0 Å². The highest BCUT2D eigenvalue weighted by Gasteiger charge is 2.41. The van der Waals surface area contributed by atoms with Gasteiger partial charge in [-0.15, -0.1) is 11.8 Å². The predicted octanol–water partition coefficient (Wildman–Crippen LogP) is 5.39. The van der Waals surface area contributed by atoms with Crippen LogP contribution < -0.4 is 4.90 Å². The Hall–Kier alpha value is -3.19. The number of aryl methyl sites for hydroxylation is 2. The first-order valence-electron chi connectivity index (χ1n) is 9.17. The van der Waals surface area contributed by atoms with Crippen molar-refractivity contribution < 1.29 is 22.8 Å². The Morgan fingerprint density at radius 1 is 1.00 bits per heavy atom. The fourth-order valence-electron chi connectivity index (χ4n) is 3.39. The van der Waals surface area contributed by atoms with Gasteiger partial charge in [-0.2, -0.15) is 0 Å². The Morgan fingerprint density at radius 3 is 2.50 bits per heavy atom. The molecule has 1 aliphatic heterocycles. The van der Waals surface area contributed by atoms with Crippen LogP contribution in [0.5, 0.6) is 0 Å². The molecular weight excluding hydrogens is 408 g/mol. The van der Waals surface area contributed by atoms with Gasteiger partial charge in [0.05, 0.1) is 28.2 Å². The average Bonchev–Trinajstić information content (AvgIpc) is 3.29. The first-order chi connectivity index (χ1) is 14.4. The monoisotopic (exact) mass is 425 g/mol. The van der Waals surface area contributed by atoms with Crippen molar-refractivity contribution in [3.05, 3.63) is 93.8 Å². The second-order valence-electron chi connectivity index (χ2n) is 6.93. The zero-order valence-electron chi connectivity index (χ0n) is 16.2. The molecule has 0 atom stereocenters. The van der Waals surface area contributed by atoms with Gasteiger partial charge in [-0.3, -0.25) is 9.59 Å². The fraction of sp³-hybridized carbons (Fsp3) is 0.130. The van der Waals surface area contributed by atoms with Crippen LogP contribution in [-0.2, 0) is 15.3 Å². The molecule has 0 radical (unpaired) electrons. The summed E-state index contributed by atoms with van der Waals surface area (Å²) in [6.07, 6.45) is 1.52. The van der Waals surface area contributed by atoms with E-state index in [0.29, 0.717) is 22.0 Å². The van der Waals surface area contributed by atoms with Crippen LogP contribution in [0.3, 0.4) is 0 Å². The van der Waals surface area contributed by atoms with E-state index in [-0.39, 0.29) is 10.5 Å². The van der Waals surface area contributed by atoms with Gasteiger partial charge in [0.15, 0.2) is 0 Å². The SMILES string of the molecule is Cc1ccc(C2=C(SCc3ccco3)C(=O)N(c3cc(F)ccc3F)C2=O)c(C)c1. The third-order valence-corrected chi connectivity index (χ3v) is 5.88. The number of nitrogens with zero attached hydrogens (tertiary/aromatic N) is 1. The number of halogens is 2. The Balaban J connectivity index is 1.82. The van der Waals surface area contributed by atoms with Gasteiger partial charge in [0.25, 0.3) is 11.8 Å². The van der Waals surface area contributed by atoms with Crippen LogP contribution >= 0.6 is 11.8 Å². The number of hydrogen-bond donors (Lipinski definition) is 0. The number of rotatable bonds is 5. The average molecular weight is 425 g/mol. The molecule has 2 heterocycles. The first-order valence-corrected chi connectivity index (χ1v) is 10.2. The summed E-state index contributed by atoms with van der Waals surface area (Å²) in [5, 5.41) is 0. The zero-order chi connectivity index (χ0) is 21.4. The summed E-state index contributed by atoms with van der Waals surface area (Å²) in [7, 11) is 0. The van der Waals surface area contributed by atoms with E-state index in [2.05, 4.69) is 0 Å². The number of benzene rings is 2. The van der Waals surface area contributed by atoms with E-state index in [9.17, 15) is 18.4 Å². The Kier molecular flexibility index (Phi) is 5.30. The van der Waals surface area contributed by atoms with Crippen molar-refractivity contribution in [2.24, 2.45) is 0 Å². The molecule has 30 heavy (non-hydrogen) atoms. The number of furan rings is 1. The summed E-state index contributed by atoms with van der Waals surface area (Å²) in [5.41, 5.74) is 2.18. The molecule has 0 bridgehead atoms. The molecule has 0 fully saturated rings. The third-order valence-electron chi connectivity index (χ3n) is 4.78. The van der Waals surface area contributed by atoms with Crippen LogP contribution in [0.4, 0.5) is 14.5 Å². The van der Waals surface area contributed by atoms with Crippen LogP contribution in [-0.4, -0.2) is 11.8 Å². The Bertz CT molecular complexity index is 1190. The zero-order valence-corrected chi connectivity index (χ0v) is 17.1. The largest absolute Gasteiger partial charge is 0.468 e. The standard InChI is InChI=1S/C23H17F2NO3S/c1-13-5-7-17(14(2)10-13)20-21(30-12-16-4-3-9-29-16)23(28)26(22(20)27)19-11-15(24)6-8-18(19)25/h3-11H,12H2,1-2H3. The van der Waals surface area contributed by atoms with Gasteiger partial charge in [0.2, 0.25) is 0 Å². The number of imide groups is 1. The van der Waals surface area contributed by atoms with E-state index in [0.717, 1.165) is 41.1 Å². The van der Waals surface area contributed by atoms with Gasteiger partial charge in [0, 0.05) is 6.07 Å². The lowest BCUT2D eigenvalue weighted by Gasteiger charge is -2.16. The van der Waals surface area contributed by atoms with Crippen LogP contribution in [0.15, 0.2) is 64.1 Å². The van der Waals surface area contributed by atoms with E-state index < -0.39 is 29.1 Å². The highest BCUT2D eigenvalue weighted by atomic mass is 32.2. The Morgan fingerprint density at radius 2 is 1.80 bits per heavy atom. The molecule has 1 aliphatic rings.